The summed E-state index contributed by atoms with van der Waals surface area (Å²) >= 11 is 0. The van der Waals surface area contributed by atoms with E-state index in [1.54, 1.807) is 6.08 Å². The summed E-state index contributed by atoms with van der Waals surface area (Å²) in [7, 11) is 0. The van der Waals surface area contributed by atoms with Gasteiger partial charge in [0, 0.05) is 17.8 Å². The lowest BCUT2D eigenvalue weighted by atomic mass is 9.87. The molecule has 0 saturated heterocycles. The molecule has 1 N–H and O–H groups in total. The van der Waals surface area contributed by atoms with Crippen LogP contribution in [0.5, 0.6) is 0 Å². The number of aromatic nitrogens is 1. The highest BCUT2D eigenvalue weighted by molar-refractivity contribution is 5.60. The molecule has 1 aromatic heterocycles. The average Bonchev–Trinajstić information content (AvgIpc) is 2.73. The van der Waals surface area contributed by atoms with Gasteiger partial charge in [-0.1, -0.05) is 25.5 Å². The third kappa shape index (κ3) is 2.39. The van der Waals surface area contributed by atoms with Gasteiger partial charge in [-0.3, -0.25) is 0 Å². The summed E-state index contributed by atoms with van der Waals surface area (Å²) in [6, 6.07) is 4.11. The largest absolute Gasteiger partial charge is 0.508 e. The lowest BCUT2D eigenvalue weighted by molar-refractivity contribution is -0.515. The number of aliphatic hydroxyl groups is 1. The molecule has 0 bridgehead atoms. The van der Waals surface area contributed by atoms with Crippen molar-refractivity contribution < 1.29 is 9.80 Å². The summed E-state index contributed by atoms with van der Waals surface area (Å²) in [4.78, 5) is 4.49. The van der Waals surface area contributed by atoms with Gasteiger partial charge in [0.1, 0.15) is 17.2 Å². The Bertz CT molecular complexity index is 761. The van der Waals surface area contributed by atoms with Crippen molar-refractivity contribution in [3.8, 4) is 0 Å². The second-order valence-electron chi connectivity index (χ2n) is 6.96. The molecule has 22 heavy (non-hydrogen) atoms. The Balaban J connectivity index is 2.10. The van der Waals surface area contributed by atoms with Crippen molar-refractivity contribution in [3.63, 3.8) is 0 Å². The molecular formula is C18H22N3O+. The Hall–Kier alpha value is -2.23. The lowest BCUT2D eigenvalue weighted by Gasteiger charge is -2.19. The van der Waals surface area contributed by atoms with E-state index in [1.807, 2.05) is 30.0 Å². The van der Waals surface area contributed by atoms with Gasteiger partial charge in [0.05, 0.1) is 6.08 Å². The zero-order chi connectivity index (χ0) is 16.1. The third-order valence-electron chi connectivity index (χ3n) is 4.28. The first-order chi connectivity index (χ1) is 10.3. The van der Waals surface area contributed by atoms with E-state index in [0.29, 0.717) is 0 Å². The molecule has 1 unspecified atom stereocenters. The van der Waals surface area contributed by atoms with E-state index in [9.17, 15) is 5.11 Å². The van der Waals surface area contributed by atoms with Crippen LogP contribution in [-0.2, 0) is 5.41 Å². The summed E-state index contributed by atoms with van der Waals surface area (Å²) in [6.45, 7) is 10.6. The molecule has 3 heterocycles. The maximum atomic E-state index is 10.1. The molecule has 2 aliphatic heterocycles. The molecule has 0 fully saturated rings. The molecule has 1 aromatic rings. The number of fused-ring (bicyclic) bond motifs is 1. The zero-order valence-electron chi connectivity index (χ0n) is 13.8. The Labute approximate surface area is 131 Å². The van der Waals surface area contributed by atoms with Crippen LogP contribution in [0.3, 0.4) is 0 Å². The fourth-order valence-electron chi connectivity index (χ4n) is 2.74. The summed E-state index contributed by atoms with van der Waals surface area (Å²) < 4.78 is 1.94. The number of nitrogens with zero attached hydrogens (tertiary/aromatic N) is 3. The summed E-state index contributed by atoms with van der Waals surface area (Å²) in [5, 5.41) is 14.7. The van der Waals surface area contributed by atoms with Gasteiger partial charge in [-0.2, -0.15) is 0 Å². The average molecular weight is 296 g/mol. The summed E-state index contributed by atoms with van der Waals surface area (Å²) in [5.74, 6) is 0.267. The van der Waals surface area contributed by atoms with Crippen molar-refractivity contribution in [1.82, 2.24) is 4.98 Å². The molecule has 4 heteroatoms. The normalized spacial score (nSPS) is 21.3. The van der Waals surface area contributed by atoms with Crippen molar-refractivity contribution in [3.05, 3.63) is 58.8 Å². The van der Waals surface area contributed by atoms with Crippen LogP contribution in [0.15, 0.2) is 52.6 Å². The fourth-order valence-corrected chi connectivity index (χ4v) is 2.74. The van der Waals surface area contributed by atoms with E-state index >= 15 is 0 Å². The van der Waals surface area contributed by atoms with E-state index in [1.165, 1.54) is 5.56 Å². The number of azo groups is 2. The molecular weight excluding hydrogens is 274 g/mol. The van der Waals surface area contributed by atoms with Crippen molar-refractivity contribution in [2.24, 2.45) is 5.11 Å². The molecule has 0 spiro atoms. The molecule has 0 radical (unpaired) electrons. The first kappa shape index (κ1) is 14.7. The first-order valence-corrected chi connectivity index (χ1v) is 7.55. The standard InChI is InChI=1S/C18H21N3O/c1-11-12(2)20-21-16(11)9-14(22)10-17(21)15-8-13(6-7-19-15)18(3,4)5/h6-10,16H,1-5H3/p+1. The highest BCUT2D eigenvalue weighted by atomic mass is 16.3. The molecule has 0 aliphatic carbocycles. The van der Waals surface area contributed by atoms with E-state index < -0.39 is 0 Å². The van der Waals surface area contributed by atoms with Crippen LogP contribution in [-0.4, -0.2) is 20.8 Å². The SMILES string of the molecule is CC1=C(C)C2C=C(O)C=C(c3cc(C(C)(C)C)ccn3)[N+]2=N1. The van der Waals surface area contributed by atoms with E-state index in [2.05, 4.69) is 43.9 Å². The first-order valence-electron chi connectivity index (χ1n) is 7.55. The van der Waals surface area contributed by atoms with Gasteiger partial charge in [0.25, 0.3) is 5.70 Å². The predicted octanol–water partition coefficient (Wildman–Crippen LogP) is 4.32. The van der Waals surface area contributed by atoms with Gasteiger partial charge in [-0.25, -0.2) is 4.98 Å². The Kier molecular flexibility index (Phi) is 3.28. The van der Waals surface area contributed by atoms with Crippen LogP contribution in [0.4, 0.5) is 0 Å². The number of aliphatic hydroxyl groups excluding tert-OH is 1. The highest BCUT2D eigenvalue weighted by Gasteiger charge is 2.39. The molecule has 1 atom stereocenters. The van der Waals surface area contributed by atoms with Crippen molar-refractivity contribution >= 4 is 5.70 Å². The topological polar surface area (TPSA) is 48.5 Å². The molecule has 0 aromatic carbocycles. The molecule has 0 amide bonds. The van der Waals surface area contributed by atoms with Crippen LogP contribution >= 0.6 is 0 Å². The minimum Gasteiger partial charge on any atom is -0.508 e. The fraction of sp³-hybridized carbons (Fsp3) is 0.389. The number of rotatable bonds is 1. The highest BCUT2D eigenvalue weighted by Crippen LogP contribution is 2.34. The van der Waals surface area contributed by atoms with Crippen molar-refractivity contribution in [2.75, 3.05) is 0 Å². The number of pyridine rings is 1. The maximum absolute atomic E-state index is 10.1. The number of hydrogen-bond donors (Lipinski definition) is 1. The van der Waals surface area contributed by atoms with Crippen molar-refractivity contribution in [1.29, 1.82) is 0 Å². The van der Waals surface area contributed by atoms with E-state index in [-0.39, 0.29) is 17.2 Å². The van der Waals surface area contributed by atoms with Crippen LogP contribution in [0, 0.1) is 0 Å². The lowest BCUT2D eigenvalue weighted by Crippen LogP contribution is -2.24. The second kappa shape index (κ2) is 4.90. The van der Waals surface area contributed by atoms with Gasteiger partial charge >= 0.3 is 0 Å². The Morgan fingerprint density at radius 2 is 1.95 bits per heavy atom. The van der Waals surface area contributed by atoms with Crippen molar-refractivity contribution in [2.45, 2.75) is 46.1 Å². The van der Waals surface area contributed by atoms with E-state index in [0.717, 1.165) is 22.7 Å². The van der Waals surface area contributed by atoms with Gasteiger partial charge < -0.3 is 5.11 Å². The van der Waals surface area contributed by atoms with Gasteiger partial charge in [0.15, 0.2) is 0 Å². The molecule has 114 valence electrons. The van der Waals surface area contributed by atoms with Gasteiger partial charge in [-0.05, 0) is 42.1 Å². The van der Waals surface area contributed by atoms with Crippen LogP contribution in [0.1, 0.15) is 45.9 Å². The van der Waals surface area contributed by atoms with Gasteiger partial charge in [-0.15, -0.1) is 0 Å². The summed E-state index contributed by atoms with van der Waals surface area (Å²) in [5.41, 5.74) is 5.09. The second-order valence-corrected chi connectivity index (χ2v) is 6.96. The smallest absolute Gasteiger partial charge is 0.262 e. The van der Waals surface area contributed by atoms with E-state index in [4.69, 9.17) is 0 Å². The van der Waals surface area contributed by atoms with Crippen LogP contribution in [0.2, 0.25) is 0 Å². The van der Waals surface area contributed by atoms with Crippen LogP contribution in [0.25, 0.3) is 5.70 Å². The predicted molar refractivity (Wildman–Crippen MR) is 86.5 cm³/mol. The zero-order valence-corrected chi connectivity index (χ0v) is 13.8. The number of allylic oxidation sites excluding steroid dienone is 2. The molecule has 4 nitrogen and oxygen atoms in total. The summed E-state index contributed by atoms with van der Waals surface area (Å²) in [6.07, 6.45) is 5.39. The molecule has 3 rings (SSSR count). The Morgan fingerprint density at radius 1 is 1.23 bits per heavy atom. The minimum atomic E-state index is -0.0138. The maximum Gasteiger partial charge on any atom is 0.262 e. The molecule has 0 saturated carbocycles. The minimum absolute atomic E-state index is 0.0138. The number of hydrogen-bond acceptors (Lipinski definition) is 3. The van der Waals surface area contributed by atoms with Gasteiger partial charge in [0.2, 0.25) is 6.04 Å². The Morgan fingerprint density at radius 3 is 2.64 bits per heavy atom. The third-order valence-corrected chi connectivity index (χ3v) is 4.28. The molecule has 2 aliphatic rings. The van der Waals surface area contributed by atoms with Crippen LogP contribution < -0.4 is 0 Å². The quantitative estimate of drug-likeness (QED) is 0.785. The monoisotopic (exact) mass is 296 g/mol.